The molecule has 0 unspecified atom stereocenters. The molecule has 0 radical (unpaired) electrons. The normalized spacial score (nSPS) is 21.6. The van der Waals surface area contributed by atoms with Crippen molar-refractivity contribution in [1.29, 1.82) is 0 Å². The van der Waals surface area contributed by atoms with E-state index in [9.17, 15) is 4.79 Å². The number of likely N-dealkylation sites (tertiary alicyclic amines) is 3. The van der Waals surface area contributed by atoms with Crippen molar-refractivity contribution >= 4 is 22.9 Å². The van der Waals surface area contributed by atoms with Crippen molar-refractivity contribution in [2.75, 3.05) is 51.7 Å². The lowest BCUT2D eigenvalue weighted by Gasteiger charge is -2.48. The molecular weight excluding hydrogens is 539 g/mol. The fourth-order valence-corrected chi connectivity index (χ4v) is 5.87. The third-order valence-corrected chi connectivity index (χ3v) is 8.42. The Morgan fingerprint density at radius 1 is 0.976 bits per heavy atom. The molecule has 0 saturated carbocycles. The van der Waals surface area contributed by atoms with Crippen molar-refractivity contribution in [2.24, 2.45) is 0 Å². The molecule has 2 N–H and O–H groups in total. The lowest BCUT2D eigenvalue weighted by Crippen LogP contribution is -2.62. The van der Waals surface area contributed by atoms with Crippen molar-refractivity contribution in [3.8, 4) is 22.8 Å². The van der Waals surface area contributed by atoms with Crippen LogP contribution in [0, 0.1) is 0 Å². The van der Waals surface area contributed by atoms with Crippen LogP contribution in [0.5, 0.6) is 11.5 Å². The summed E-state index contributed by atoms with van der Waals surface area (Å²) in [5.74, 6) is 1.75. The zero-order valence-corrected chi connectivity index (χ0v) is 23.2. The first-order valence-corrected chi connectivity index (χ1v) is 14.4. The van der Waals surface area contributed by atoms with E-state index in [2.05, 4.69) is 19.8 Å². The van der Waals surface area contributed by atoms with Crippen LogP contribution in [0.15, 0.2) is 60.9 Å². The molecule has 0 aliphatic carbocycles. The first kappa shape index (κ1) is 26.6. The van der Waals surface area contributed by atoms with Gasteiger partial charge in [-0.3, -0.25) is 9.80 Å². The third kappa shape index (κ3) is 5.12. The van der Waals surface area contributed by atoms with Crippen LogP contribution in [0.25, 0.3) is 22.3 Å². The standard InChI is InChI=1S/C30H33FN8O3/c31-24-17-38(21-15-36(16-21)19-41-30(40)37-12-4-13-37)14-11-25(24)39-29-26(28(32)33-18-34-29)27(35-39)20-7-9-23(10-8-20)42-22-5-2-1-3-6-22/h1-3,5-10,18,21,24-25H,4,11-17,19H2,(H2,32,33,34)/t24-,25+/m0/s1. The maximum atomic E-state index is 15.8. The van der Waals surface area contributed by atoms with Gasteiger partial charge < -0.3 is 20.1 Å². The topological polar surface area (TPSA) is 115 Å². The Kier molecular flexibility index (Phi) is 7.08. The number of rotatable bonds is 7. The summed E-state index contributed by atoms with van der Waals surface area (Å²) in [6, 6.07) is 16.9. The van der Waals surface area contributed by atoms with Gasteiger partial charge in [0.05, 0.1) is 11.4 Å². The highest BCUT2D eigenvalue weighted by Gasteiger charge is 2.40. The van der Waals surface area contributed by atoms with E-state index in [1.165, 1.54) is 6.33 Å². The Labute approximate surface area is 242 Å². The molecule has 2 aromatic carbocycles. The summed E-state index contributed by atoms with van der Waals surface area (Å²) in [7, 11) is 0. The van der Waals surface area contributed by atoms with Crippen LogP contribution in [0.2, 0.25) is 0 Å². The second-order valence-electron chi connectivity index (χ2n) is 11.1. The van der Waals surface area contributed by atoms with Crippen LogP contribution in [0.4, 0.5) is 15.0 Å². The van der Waals surface area contributed by atoms with Crippen LogP contribution in [0.1, 0.15) is 18.9 Å². The van der Waals surface area contributed by atoms with E-state index in [-0.39, 0.29) is 18.9 Å². The maximum Gasteiger partial charge on any atom is 0.411 e. The average molecular weight is 573 g/mol. The van der Waals surface area contributed by atoms with Crippen LogP contribution in [-0.4, -0.2) is 98.8 Å². The summed E-state index contributed by atoms with van der Waals surface area (Å²) in [4.78, 5) is 26.6. The number of halogens is 1. The fourth-order valence-electron chi connectivity index (χ4n) is 5.87. The van der Waals surface area contributed by atoms with Gasteiger partial charge in [0.15, 0.2) is 5.65 Å². The molecule has 3 aliphatic heterocycles. The number of nitrogens with two attached hydrogens (primary N) is 1. The molecule has 4 aromatic rings. The number of ether oxygens (including phenoxy) is 2. The lowest BCUT2D eigenvalue weighted by molar-refractivity contribution is -0.0542. The van der Waals surface area contributed by atoms with E-state index < -0.39 is 12.2 Å². The number of carbonyl (C=O) groups is 1. The molecule has 3 saturated heterocycles. The first-order valence-electron chi connectivity index (χ1n) is 14.4. The number of amides is 1. The number of alkyl halides is 1. The van der Waals surface area contributed by atoms with Crippen LogP contribution >= 0.6 is 0 Å². The lowest BCUT2D eigenvalue weighted by atomic mass is 9.98. The van der Waals surface area contributed by atoms with Crippen molar-refractivity contribution in [1.82, 2.24) is 34.4 Å². The quantitative estimate of drug-likeness (QED) is 0.352. The summed E-state index contributed by atoms with van der Waals surface area (Å²) in [6.07, 6.45) is 1.64. The molecule has 42 heavy (non-hydrogen) atoms. The molecule has 2 aromatic heterocycles. The number of nitrogen functional groups attached to an aromatic ring is 1. The zero-order valence-electron chi connectivity index (χ0n) is 23.2. The molecule has 11 nitrogen and oxygen atoms in total. The van der Waals surface area contributed by atoms with E-state index in [0.29, 0.717) is 41.3 Å². The number of fused-ring (bicyclic) bond motifs is 1. The predicted octanol–water partition coefficient (Wildman–Crippen LogP) is 3.94. The molecule has 3 fully saturated rings. The summed E-state index contributed by atoms with van der Waals surface area (Å²) < 4.78 is 28.8. The van der Waals surface area contributed by atoms with Gasteiger partial charge in [0, 0.05) is 50.9 Å². The smallest absolute Gasteiger partial charge is 0.411 e. The molecule has 7 rings (SSSR count). The first-order chi connectivity index (χ1) is 20.5. The Hall–Kier alpha value is -4.29. The van der Waals surface area contributed by atoms with Gasteiger partial charge in [-0.2, -0.15) is 5.10 Å². The predicted molar refractivity (Wildman–Crippen MR) is 155 cm³/mol. The van der Waals surface area contributed by atoms with E-state index in [1.54, 1.807) is 9.58 Å². The summed E-state index contributed by atoms with van der Waals surface area (Å²) in [5, 5.41) is 5.48. The van der Waals surface area contributed by atoms with Gasteiger partial charge in [-0.1, -0.05) is 18.2 Å². The van der Waals surface area contributed by atoms with Gasteiger partial charge >= 0.3 is 6.09 Å². The van der Waals surface area contributed by atoms with E-state index in [0.717, 1.165) is 50.5 Å². The highest BCUT2D eigenvalue weighted by molar-refractivity contribution is 5.98. The Balaban J connectivity index is 1.03. The Bertz CT molecular complexity index is 1560. The number of piperidine rings is 1. The molecule has 2 atom stereocenters. The summed E-state index contributed by atoms with van der Waals surface area (Å²) >= 11 is 0. The third-order valence-electron chi connectivity index (χ3n) is 8.42. The number of hydrogen-bond donors (Lipinski definition) is 1. The number of benzene rings is 2. The van der Waals surface area contributed by atoms with Crippen LogP contribution < -0.4 is 10.5 Å². The minimum Gasteiger partial charge on any atom is -0.457 e. The van der Waals surface area contributed by atoms with Gasteiger partial charge in [0.25, 0.3) is 0 Å². The second kappa shape index (κ2) is 11.2. The molecular formula is C30H33FN8O3. The minimum absolute atomic E-state index is 0.242. The largest absolute Gasteiger partial charge is 0.457 e. The summed E-state index contributed by atoms with van der Waals surface area (Å²) in [6.45, 7) is 4.38. The van der Waals surface area contributed by atoms with Crippen LogP contribution in [0.3, 0.4) is 0 Å². The fraction of sp³-hybridized carbons (Fsp3) is 0.400. The number of carbonyl (C=O) groups excluding carboxylic acids is 1. The number of nitrogens with zero attached hydrogens (tertiary/aromatic N) is 7. The van der Waals surface area contributed by atoms with Crippen LogP contribution in [-0.2, 0) is 4.74 Å². The highest BCUT2D eigenvalue weighted by atomic mass is 19.1. The molecule has 0 spiro atoms. The zero-order chi connectivity index (χ0) is 28.6. The number of aromatic nitrogens is 4. The van der Waals surface area contributed by atoms with Gasteiger partial charge in [-0.15, -0.1) is 0 Å². The monoisotopic (exact) mass is 572 g/mol. The Morgan fingerprint density at radius 3 is 2.45 bits per heavy atom. The molecule has 0 bridgehead atoms. The molecule has 12 heteroatoms. The van der Waals surface area contributed by atoms with Gasteiger partial charge in [-0.25, -0.2) is 23.8 Å². The van der Waals surface area contributed by atoms with E-state index in [1.807, 2.05) is 54.6 Å². The average Bonchev–Trinajstić information content (AvgIpc) is 3.33. The molecule has 3 aliphatic rings. The van der Waals surface area contributed by atoms with Gasteiger partial charge in [0.1, 0.15) is 42.2 Å². The molecule has 1 amide bonds. The van der Waals surface area contributed by atoms with Crippen molar-refractivity contribution in [3.05, 3.63) is 60.9 Å². The van der Waals surface area contributed by atoms with Gasteiger partial charge in [0.2, 0.25) is 0 Å². The van der Waals surface area contributed by atoms with E-state index in [4.69, 9.17) is 20.3 Å². The number of anilines is 1. The van der Waals surface area contributed by atoms with Gasteiger partial charge in [-0.05, 0) is 49.2 Å². The molecule has 5 heterocycles. The van der Waals surface area contributed by atoms with Crippen molar-refractivity contribution in [2.45, 2.75) is 31.1 Å². The number of hydrogen-bond acceptors (Lipinski definition) is 9. The van der Waals surface area contributed by atoms with E-state index >= 15 is 4.39 Å². The summed E-state index contributed by atoms with van der Waals surface area (Å²) in [5.41, 5.74) is 8.27. The molecule has 218 valence electrons. The second-order valence-corrected chi connectivity index (χ2v) is 11.1. The SMILES string of the molecule is Nc1ncnc2c1c(-c1ccc(Oc3ccccc3)cc1)nn2[C@@H]1CCN(C2CN(COC(=O)N3CCC3)C2)C[C@@H]1F. The maximum absolute atomic E-state index is 15.8. The minimum atomic E-state index is -1.13. The highest BCUT2D eigenvalue weighted by Crippen LogP contribution is 2.36. The van der Waals surface area contributed by atoms with Crippen molar-refractivity contribution in [3.63, 3.8) is 0 Å². The van der Waals surface area contributed by atoms with Crippen molar-refractivity contribution < 1.29 is 18.7 Å². The Morgan fingerprint density at radius 2 is 1.74 bits per heavy atom. The number of para-hydroxylation sites is 1.